The highest BCUT2D eigenvalue weighted by molar-refractivity contribution is 5.93. The van der Waals surface area contributed by atoms with Gasteiger partial charge < -0.3 is 25.0 Å². The molecule has 1 saturated heterocycles. The predicted octanol–water partition coefficient (Wildman–Crippen LogP) is 2.64. The summed E-state index contributed by atoms with van der Waals surface area (Å²) in [6, 6.07) is 9.89. The second kappa shape index (κ2) is 7.84. The van der Waals surface area contributed by atoms with E-state index in [1.807, 2.05) is 24.3 Å². The van der Waals surface area contributed by atoms with Gasteiger partial charge in [0.15, 0.2) is 0 Å². The zero-order chi connectivity index (χ0) is 18.6. The SMILES string of the molecule is COC(=O)c1ccc(N2CCNCC2)cc1Oc1ccc(NC2CC2)nc1. The quantitative estimate of drug-likeness (QED) is 0.759. The summed E-state index contributed by atoms with van der Waals surface area (Å²) < 4.78 is 10.9. The molecule has 0 unspecified atom stereocenters. The number of esters is 1. The van der Waals surface area contributed by atoms with E-state index < -0.39 is 5.97 Å². The van der Waals surface area contributed by atoms with Crippen LogP contribution in [0.15, 0.2) is 36.5 Å². The first-order valence-electron chi connectivity index (χ1n) is 9.31. The summed E-state index contributed by atoms with van der Waals surface area (Å²) in [6.45, 7) is 3.71. The number of rotatable bonds is 6. The van der Waals surface area contributed by atoms with Crippen LogP contribution in [0, 0.1) is 0 Å². The maximum Gasteiger partial charge on any atom is 0.341 e. The summed E-state index contributed by atoms with van der Waals surface area (Å²) >= 11 is 0. The van der Waals surface area contributed by atoms with Crippen LogP contribution < -0.4 is 20.3 Å². The van der Waals surface area contributed by atoms with Gasteiger partial charge in [-0.2, -0.15) is 0 Å². The first-order valence-corrected chi connectivity index (χ1v) is 9.31. The monoisotopic (exact) mass is 368 g/mol. The molecule has 0 radical (unpaired) electrons. The Morgan fingerprint density at radius 1 is 1.22 bits per heavy atom. The van der Waals surface area contributed by atoms with Crippen molar-refractivity contribution in [2.24, 2.45) is 0 Å². The van der Waals surface area contributed by atoms with E-state index in [4.69, 9.17) is 9.47 Å². The largest absolute Gasteiger partial charge is 0.465 e. The number of hydrogen-bond donors (Lipinski definition) is 2. The molecular weight excluding hydrogens is 344 g/mol. The molecule has 0 spiro atoms. The summed E-state index contributed by atoms with van der Waals surface area (Å²) in [5.74, 6) is 1.48. The smallest absolute Gasteiger partial charge is 0.341 e. The number of aromatic nitrogens is 1. The fraction of sp³-hybridized carbons (Fsp3) is 0.400. The minimum atomic E-state index is -0.420. The lowest BCUT2D eigenvalue weighted by Crippen LogP contribution is -2.43. The van der Waals surface area contributed by atoms with Crippen molar-refractivity contribution in [2.45, 2.75) is 18.9 Å². The zero-order valence-electron chi connectivity index (χ0n) is 15.4. The normalized spacial score (nSPS) is 16.7. The fourth-order valence-corrected chi connectivity index (χ4v) is 3.08. The molecule has 4 rings (SSSR count). The van der Waals surface area contributed by atoms with Crippen LogP contribution in [0.2, 0.25) is 0 Å². The number of benzene rings is 1. The highest BCUT2D eigenvalue weighted by atomic mass is 16.5. The van der Waals surface area contributed by atoms with Crippen LogP contribution >= 0.6 is 0 Å². The third kappa shape index (κ3) is 4.31. The number of pyridine rings is 1. The molecular formula is C20H24N4O3. The van der Waals surface area contributed by atoms with E-state index in [0.717, 1.165) is 37.7 Å². The molecule has 0 atom stereocenters. The fourth-order valence-electron chi connectivity index (χ4n) is 3.08. The number of hydrogen-bond acceptors (Lipinski definition) is 7. The van der Waals surface area contributed by atoms with Crippen LogP contribution in [0.5, 0.6) is 11.5 Å². The van der Waals surface area contributed by atoms with Gasteiger partial charge in [-0.1, -0.05) is 0 Å². The van der Waals surface area contributed by atoms with E-state index in [2.05, 4.69) is 20.5 Å². The molecule has 27 heavy (non-hydrogen) atoms. The molecule has 2 fully saturated rings. The molecule has 1 aromatic carbocycles. The van der Waals surface area contributed by atoms with Crippen LogP contribution in [0.3, 0.4) is 0 Å². The second-order valence-corrected chi connectivity index (χ2v) is 6.81. The van der Waals surface area contributed by atoms with Crippen molar-refractivity contribution in [3.8, 4) is 11.5 Å². The molecule has 1 aromatic heterocycles. The topological polar surface area (TPSA) is 75.7 Å². The van der Waals surface area contributed by atoms with E-state index >= 15 is 0 Å². The average molecular weight is 368 g/mol. The van der Waals surface area contributed by atoms with Crippen molar-refractivity contribution in [3.05, 3.63) is 42.1 Å². The summed E-state index contributed by atoms with van der Waals surface area (Å²) in [5.41, 5.74) is 1.43. The number of nitrogens with one attached hydrogen (secondary N) is 2. The van der Waals surface area contributed by atoms with Crippen molar-refractivity contribution in [2.75, 3.05) is 43.5 Å². The molecule has 1 aliphatic carbocycles. The van der Waals surface area contributed by atoms with Gasteiger partial charge in [-0.3, -0.25) is 0 Å². The number of ether oxygens (including phenoxy) is 2. The number of anilines is 2. The van der Waals surface area contributed by atoms with Gasteiger partial charge in [0, 0.05) is 44.0 Å². The molecule has 2 heterocycles. The van der Waals surface area contributed by atoms with Crippen molar-refractivity contribution < 1.29 is 14.3 Å². The van der Waals surface area contributed by atoms with Gasteiger partial charge in [0.2, 0.25) is 0 Å². The maximum atomic E-state index is 12.1. The van der Waals surface area contributed by atoms with Crippen molar-refractivity contribution >= 4 is 17.5 Å². The van der Waals surface area contributed by atoms with Gasteiger partial charge >= 0.3 is 5.97 Å². The highest BCUT2D eigenvalue weighted by Gasteiger charge is 2.21. The first-order chi connectivity index (χ1) is 13.2. The molecule has 7 heteroatoms. The van der Waals surface area contributed by atoms with Crippen LogP contribution in [-0.2, 0) is 4.74 Å². The lowest BCUT2D eigenvalue weighted by molar-refractivity contribution is 0.0598. The van der Waals surface area contributed by atoms with Crippen LogP contribution in [0.1, 0.15) is 23.2 Å². The van der Waals surface area contributed by atoms with Crippen molar-refractivity contribution in [3.63, 3.8) is 0 Å². The molecule has 0 amide bonds. The Morgan fingerprint density at radius 3 is 2.70 bits per heavy atom. The molecule has 2 aliphatic rings. The van der Waals surface area contributed by atoms with Gasteiger partial charge in [0.1, 0.15) is 22.9 Å². The predicted molar refractivity (Wildman–Crippen MR) is 104 cm³/mol. The zero-order valence-corrected chi connectivity index (χ0v) is 15.4. The Balaban J connectivity index is 1.56. The third-order valence-electron chi connectivity index (χ3n) is 4.75. The summed E-state index contributed by atoms with van der Waals surface area (Å²) in [7, 11) is 1.37. The van der Waals surface area contributed by atoms with Crippen molar-refractivity contribution in [1.29, 1.82) is 0 Å². The molecule has 2 aromatic rings. The molecule has 0 bridgehead atoms. The average Bonchev–Trinajstić information content (AvgIpc) is 3.53. The second-order valence-electron chi connectivity index (χ2n) is 6.81. The number of methoxy groups -OCH3 is 1. The first kappa shape index (κ1) is 17.6. The number of carbonyl (C=O) groups excluding carboxylic acids is 1. The van der Waals surface area contributed by atoms with Crippen molar-refractivity contribution in [1.82, 2.24) is 10.3 Å². The lowest BCUT2D eigenvalue weighted by Gasteiger charge is -2.29. The molecule has 1 aliphatic heterocycles. The lowest BCUT2D eigenvalue weighted by atomic mass is 10.1. The van der Waals surface area contributed by atoms with Crippen LogP contribution in [-0.4, -0.2) is 50.3 Å². The highest BCUT2D eigenvalue weighted by Crippen LogP contribution is 2.31. The summed E-state index contributed by atoms with van der Waals surface area (Å²) in [5, 5.41) is 6.68. The number of carbonyl (C=O) groups is 1. The number of piperazine rings is 1. The third-order valence-corrected chi connectivity index (χ3v) is 4.75. The maximum absolute atomic E-state index is 12.1. The summed E-state index contributed by atoms with van der Waals surface area (Å²) in [6.07, 6.45) is 4.06. The van der Waals surface area contributed by atoms with Gasteiger partial charge in [0.25, 0.3) is 0 Å². The van der Waals surface area contributed by atoms with E-state index in [-0.39, 0.29) is 0 Å². The Labute approximate surface area is 158 Å². The van der Waals surface area contributed by atoms with E-state index in [0.29, 0.717) is 23.1 Å². The van der Waals surface area contributed by atoms with Gasteiger partial charge in [-0.05, 0) is 37.1 Å². The van der Waals surface area contributed by atoms with Crippen LogP contribution in [0.25, 0.3) is 0 Å². The Hall–Kier alpha value is -2.80. The van der Waals surface area contributed by atoms with Gasteiger partial charge in [-0.15, -0.1) is 0 Å². The van der Waals surface area contributed by atoms with E-state index in [1.165, 1.54) is 20.0 Å². The minimum absolute atomic E-state index is 0.400. The summed E-state index contributed by atoms with van der Waals surface area (Å²) in [4.78, 5) is 18.8. The Kier molecular flexibility index (Phi) is 5.11. The Morgan fingerprint density at radius 2 is 2.04 bits per heavy atom. The standard InChI is InChI=1S/C20H24N4O3/c1-26-20(25)17-6-4-15(24-10-8-21-9-11-24)12-18(17)27-16-5-7-19(22-13-16)23-14-2-3-14/h4-7,12-14,21H,2-3,8-11H2,1H3,(H,22,23). The molecule has 1 saturated carbocycles. The minimum Gasteiger partial charge on any atom is -0.465 e. The van der Waals surface area contributed by atoms with Gasteiger partial charge in [0.05, 0.1) is 13.3 Å². The molecule has 7 nitrogen and oxygen atoms in total. The Bertz CT molecular complexity index is 799. The van der Waals surface area contributed by atoms with E-state index in [1.54, 1.807) is 12.3 Å². The van der Waals surface area contributed by atoms with Gasteiger partial charge in [-0.25, -0.2) is 9.78 Å². The van der Waals surface area contributed by atoms with E-state index in [9.17, 15) is 4.79 Å². The molecule has 142 valence electrons. The number of nitrogens with zero attached hydrogens (tertiary/aromatic N) is 2. The molecule has 2 N–H and O–H groups in total. The van der Waals surface area contributed by atoms with Crippen LogP contribution in [0.4, 0.5) is 11.5 Å².